The van der Waals surface area contributed by atoms with Crippen LogP contribution in [0, 0.1) is 0 Å². The van der Waals surface area contributed by atoms with Gasteiger partial charge in [0.25, 0.3) is 0 Å². The van der Waals surface area contributed by atoms with E-state index in [-0.39, 0.29) is 24.4 Å². The zero-order valence-electron chi connectivity index (χ0n) is 16.8. The number of nitrogens with one attached hydrogen (secondary N) is 2. The molecule has 1 unspecified atom stereocenters. The van der Waals surface area contributed by atoms with Crippen molar-refractivity contribution in [1.82, 2.24) is 4.72 Å². The van der Waals surface area contributed by atoms with Crippen molar-refractivity contribution in [3.05, 3.63) is 54.6 Å². The van der Waals surface area contributed by atoms with Gasteiger partial charge in [0, 0.05) is 24.9 Å². The van der Waals surface area contributed by atoms with Crippen molar-refractivity contribution in [2.75, 3.05) is 30.8 Å². The standard InChI is InChI=1S/C21H28N4O4S/c22-21(23-12-14-30(26,27)24-16-20-10-4-5-13-28-20)25-17-7-6-11-19(15-17)29-18-8-2-1-3-9-18/h1-3,6-9,11,15,20,24H,4-5,10,12-14,16H2,(H3,22,23,25). The van der Waals surface area contributed by atoms with E-state index in [1.807, 2.05) is 48.5 Å². The molecule has 2 aromatic carbocycles. The Balaban J connectivity index is 1.46. The third-order valence-corrected chi connectivity index (χ3v) is 5.86. The number of benzene rings is 2. The minimum atomic E-state index is -3.43. The van der Waals surface area contributed by atoms with Crippen LogP contribution in [0.3, 0.4) is 0 Å². The van der Waals surface area contributed by atoms with Gasteiger partial charge in [-0.05, 0) is 43.5 Å². The number of hydrogen-bond acceptors (Lipinski definition) is 5. The molecule has 1 fully saturated rings. The molecule has 0 aromatic heterocycles. The molecule has 1 saturated heterocycles. The SMILES string of the molecule is NC(=NCCS(=O)(=O)NCC1CCCCO1)Nc1cccc(Oc2ccccc2)c1. The van der Waals surface area contributed by atoms with Crippen LogP contribution in [0.5, 0.6) is 11.5 Å². The second-order valence-corrected chi connectivity index (χ2v) is 8.92. The van der Waals surface area contributed by atoms with Gasteiger partial charge in [-0.15, -0.1) is 0 Å². The molecular formula is C21H28N4O4S. The van der Waals surface area contributed by atoms with Crippen LogP contribution in [0.15, 0.2) is 59.6 Å². The summed E-state index contributed by atoms with van der Waals surface area (Å²) < 4.78 is 38.1. The first-order valence-corrected chi connectivity index (χ1v) is 11.6. The molecule has 0 spiro atoms. The summed E-state index contributed by atoms with van der Waals surface area (Å²) >= 11 is 0. The Morgan fingerprint density at radius 3 is 2.70 bits per heavy atom. The lowest BCUT2D eigenvalue weighted by molar-refractivity contribution is 0.0200. The van der Waals surface area contributed by atoms with E-state index < -0.39 is 10.0 Å². The summed E-state index contributed by atoms with van der Waals surface area (Å²) in [4.78, 5) is 4.11. The Morgan fingerprint density at radius 1 is 1.13 bits per heavy atom. The highest BCUT2D eigenvalue weighted by Crippen LogP contribution is 2.23. The first-order valence-electron chi connectivity index (χ1n) is 9.99. The molecule has 0 radical (unpaired) electrons. The number of ether oxygens (including phenoxy) is 2. The van der Waals surface area contributed by atoms with Crippen LogP contribution in [-0.4, -0.2) is 45.9 Å². The quantitative estimate of drug-likeness (QED) is 0.415. The summed E-state index contributed by atoms with van der Waals surface area (Å²) in [5.41, 5.74) is 6.59. The topological polar surface area (TPSA) is 115 Å². The molecule has 1 heterocycles. The number of hydrogen-bond donors (Lipinski definition) is 3. The molecule has 0 aliphatic carbocycles. The van der Waals surface area contributed by atoms with Crippen LogP contribution in [0.4, 0.5) is 5.69 Å². The van der Waals surface area contributed by atoms with Crippen molar-refractivity contribution in [2.24, 2.45) is 10.7 Å². The van der Waals surface area contributed by atoms with Crippen molar-refractivity contribution in [3.8, 4) is 11.5 Å². The zero-order chi connectivity index (χ0) is 21.2. The summed E-state index contributed by atoms with van der Waals surface area (Å²) in [5, 5.41) is 2.95. The summed E-state index contributed by atoms with van der Waals surface area (Å²) in [7, 11) is -3.43. The molecule has 0 saturated carbocycles. The maximum Gasteiger partial charge on any atom is 0.213 e. The van der Waals surface area contributed by atoms with Crippen LogP contribution in [-0.2, 0) is 14.8 Å². The van der Waals surface area contributed by atoms with Crippen molar-refractivity contribution in [3.63, 3.8) is 0 Å². The van der Waals surface area contributed by atoms with Gasteiger partial charge in [0.1, 0.15) is 11.5 Å². The molecule has 1 atom stereocenters. The minimum absolute atomic E-state index is 0.0471. The third kappa shape index (κ3) is 7.66. The lowest BCUT2D eigenvalue weighted by atomic mass is 10.1. The van der Waals surface area contributed by atoms with Crippen LogP contribution in [0.25, 0.3) is 0 Å². The largest absolute Gasteiger partial charge is 0.457 e. The van der Waals surface area contributed by atoms with E-state index in [4.69, 9.17) is 15.2 Å². The zero-order valence-corrected chi connectivity index (χ0v) is 17.6. The number of rotatable bonds is 9. The highest BCUT2D eigenvalue weighted by Gasteiger charge is 2.17. The maximum atomic E-state index is 12.1. The van der Waals surface area contributed by atoms with Crippen LogP contribution in [0.2, 0.25) is 0 Å². The average Bonchev–Trinajstić information content (AvgIpc) is 2.74. The Kier molecular flexibility index (Phi) is 8.06. The van der Waals surface area contributed by atoms with Gasteiger partial charge in [-0.25, -0.2) is 13.1 Å². The fraction of sp³-hybridized carbons (Fsp3) is 0.381. The molecule has 1 aliphatic rings. The summed E-state index contributed by atoms with van der Waals surface area (Å²) in [5.74, 6) is 1.38. The molecule has 1 aliphatic heterocycles. The predicted molar refractivity (Wildman–Crippen MR) is 118 cm³/mol. The van der Waals surface area contributed by atoms with E-state index in [1.165, 1.54) is 0 Å². The molecule has 9 heteroatoms. The molecule has 0 amide bonds. The Labute approximate surface area is 177 Å². The van der Waals surface area contributed by atoms with Gasteiger partial charge in [0.05, 0.1) is 18.4 Å². The lowest BCUT2D eigenvalue weighted by Crippen LogP contribution is -2.37. The van der Waals surface area contributed by atoms with Gasteiger partial charge in [-0.2, -0.15) is 0 Å². The monoisotopic (exact) mass is 432 g/mol. The molecule has 4 N–H and O–H groups in total. The molecular weight excluding hydrogens is 404 g/mol. The second kappa shape index (κ2) is 11.0. The van der Waals surface area contributed by atoms with E-state index in [9.17, 15) is 8.42 Å². The van der Waals surface area contributed by atoms with Crippen molar-refractivity contribution < 1.29 is 17.9 Å². The maximum absolute atomic E-state index is 12.1. The fourth-order valence-electron chi connectivity index (χ4n) is 3.00. The van der Waals surface area contributed by atoms with Gasteiger partial charge in [-0.1, -0.05) is 24.3 Å². The second-order valence-electron chi connectivity index (χ2n) is 6.99. The van der Waals surface area contributed by atoms with E-state index >= 15 is 0 Å². The van der Waals surface area contributed by atoms with Gasteiger partial charge < -0.3 is 20.5 Å². The van der Waals surface area contributed by atoms with Crippen molar-refractivity contribution in [2.45, 2.75) is 25.4 Å². The molecule has 0 bridgehead atoms. The minimum Gasteiger partial charge on any atom is -0.457 e. The third-order valence-electron chi connectivity index (χ3n) is 4.53. The van der Waals surface area contributed by atoms with Crippen LogP contribution in [0.1, 0.15) is 19.3 Å². The van der Waals surface area contributed by atoms with Gasteiger partial charge in [0.2, 0.25) is 10.0 Å². The van der Waals surface area contributed by atoms with Crippen LogP contribution >= 0.6 is 0 Å². The van der Waals surface area contributed by atoms with Gasteiger partial charge in [0.15, 0.2) is 5.96 Å². The molecule has 2 aromatic rings. The van der Waals surface area contributed by atoms with Crippen molar-refractivity contribution >= 4 is 21.7 Å². The normalized spacial score (nSPS) is 17.5. The number of sulfonamides is 1. The smallest absolute Gasteiger partial charge is 0.213 e. The van der Waals surface area contributed by atoms with Crippen LogP contribution < -0.4 is 20.5 Å². The summed E-state index contributed by atoms with van der Waals surface area (Å²) in [6.07, 6.45) is 2.93. The Morgan fingerprint density at radius 2 is 1.93 bits per heavy atom. The molecule has 162 valence electrons. The number of nitrogens with two attached hydrogens (primary N) is 1. The van der Waals surface area contributed by atoms with Gasteiger partial charge >= 0.3 is 0 Å². The number of aliphatic imine (C=N–C) groups is 1. The summed E-state index contributed by atoms with van der Waals surface area (Å²) in [6.45, 7) is 1.05. The number of guanidine groups is 1. The first-order chi connectivity index (χ1) is 14.5. The lowest BCUT2D eigenvalue weighted by Gasteiger charge is -2.22. The van der Waals surface area contributed by atoms with E-state index in [2.05, 4.69) is 15.0 Å². The number of nitrogens with zero attached hydrogens (tertiary/aromatic N) is 1. The highest BCUT2D eigenvalue weighted by atomic mass is 32.2. The highest BCUT2D eigenvalue weighted by molar-refractivity contribution is 7.89. The van der Waals surface area contributed by atoms with E-state index in [0.717, 1.165) is 25.0 Å². The average molecular weight is 433 g/mol. The Bertz CT molecular complexity index is 929. The first kappa shape index (κ1) is 22.1. The van der Waals surface area contributed by atoms with E-state index in [0.29, 0.717) is 24.6 Å². The number of para-hydroxylation sites is 1. The predicted octanol–water partition coefficient (Wildman–Crippen LogP) is 2.69. The fourth-order valence-corrected chi connectivity index (χ4v) is 3.91. The number of anilines is 1. The molecule has 3 rings (SSSR count). The van der Waals surface area contributed by atoms with E-state index in [1.54, 1.807) is 6.07 Å². The Hall–Kier alpha value is -2.62. The van der Waals surface area contributed by atoms with Crippen molar-refractivity contribution in [1.29, 1.82) is 0 Å². The molecule has 8 nitrogen and oxygen atoms in total. The molecule has 30 heavy (non-hydrogen) atoms. The van der Waals surface area contributed by atoms with Gasteiger partial charge in [-0.3, -0.25) is 4.99 Å². The summed E-state index contributed by atoms with van der Waals surface area (Å²) in [6, 6.07) is 16.7.